The maximum atomic E-state index is 13.1. The minimum atomic E-state index is -3.78. The van der Waals surface area contributed by atoms with E-state index in [-0.39, 0.29) is 12.4 Å². The number of halogens is 1. The van der Waals surface area contributed by atoms with Crippen LogP contribution >= 0.6 is 11.6 Å². The van der Waals surface area contributed by atoms with Crippen molar-refractivity contribution < 1.29 is 17.9 Å². The van der Waals surface area contributed by atoms with Crippen LogP contribution in [0.3, 0.4) is 0 Å². The van der Waals surface area contributed by atoms with Crippen LogP contribution in [0.5, 0.6) is 0 Å². The highest BCUT2D eigenvalue weighted by molar-refractivity contribution is 7.92. The van der Waals surface area contributed by atoms with E-state index in [1.165, 1.54) is 0 Å². The quantitative estimate of drug-likeness (QED) is 0.563. The zero-order chi connectivity index (χ0) is 21.6. The molecule has 0 heterocycles. The number of hydrogen-bond donors (Lipinski definition) is 1. The molecule has 0 atom stereocenters. The van der Waals surface area contributed by atoms with Crippen LogP contribution in [0.25, 0.3) is 0 Å². The summed E-state index contributed by atoms with van der Waals surface area (Å²) in [6.07, 6.45) is 4.27. The monoisotopic (exact) mass is 449 g/mol. The van der Waals surface area contributed by atoms with Crippen LogP contribution in [0.4, 0.5) is 5.69 Å². The van der Waals surface area contributed by atoms with E-state index < -0.39 is 21.4 Å². The van der Waals surface area contributed by atoms with Gasteiger partial charge in [-0.2, -0.15) is 0 Å². The fourth-order valence-corrected chi connectivity index (χ4v) is 6.05. The van der Waals surface area contributed by atoms with E-state index in [4.69, 9.17) is 16.3 Å². The van der Waals surface area contributed by atoms with E-state index in [1.807, 2.05) is 30.3 Å². The van der Waals surface area contributed by atoms with E-state index in [2.05, 4.69) is 4.72 Å². The first-order valence-corrected chi connectivity index (χ1v) is 12.4. The highest BCUT2D eigenvalue weighted by atomic mass is 35.5. The standard InChI is InChI=1S/C23H28ClNO4S/c1-2-29-22(26)23(13-7-4-8-14-23)17-30(27,28)25-21-12-11-20(24)16-19(21)15-18-9-5-3-6-10-18/h3,5-6,9-12,16,25H,2,4,7-8,13-15,17H2,1H3. The van der Waals surface area contributed by atoms with Gasteiger partial charge in [0, 0.05) is 5.02 Å². The van der Waals surface area contributed by atoms with Gasteiger partial charge in [-0.15, -0.1) is 0 Å². The second kappa shape index (κ2) is 9.84. The maximum Gasteiger partial charge on any atom is 0.313 e. The maximum absolute atomic E-state index is 13.1. The Morgan fingerprint density at radius 1 is 1.10 bits per heavy atom. The molecule has 0 unspecified atom stereocenters. The molecule has 1 N–H and O–H groups in total. The largest absolute Gasteiger partial charge is 0.466 e. The van der Waals surface area contributed by atoms with Gasteiger partial charge in [0.05, 0.1) is 23.5 Å². The van der Waals surface area contributed by atoms with Crippen LogP contribution < -0.4 is 4.72 Å². The first-order chi connectivity index (χ1) is 14.3. The van der Waals surface area contributed by atoms with Gasteiger partial charge in [-0.3, -0.25) is 9.52 Å². The highest BCUT2D eigenvalue weighted by Crippen LogP contribution is 2.39. The predicted octanol–water partition coefficient (Wildman–Crippen LogP) is 5.19. The minimum absolute atomic E-state index is 0.243. The number of hydrogen-bond acceptors (Lipinski definition) is 4. The van der Waals surface area contributed by atoms with Crippen molar-refractivity contribution in [2.24, 2.45) is 5.41 Å². The van der Waals surface area contributed by atoms with Crippen molar-refractivity contribution in [2.45, 2.75) is 45.4 Å². The van der Waals surface area contributed by atoms with Crippen molar-refractivity contribution in [2.75, 3.05) is 17.1 Å². The zero-order valence-corrected chi connectivity index (χ0v) is 18.8. The summed E-state index contributed by atoms with van der Waals surface area (Å²) in [4.78, 5) is 12.7. The van der Waals surface area contributed by atoms with Crippen molar-refractivity contribution in [1.82, 2.24) is 0 Å². The molecular weight excluding hydrogens is 422 g/mol. The Balaban J connectivity index is 1.84. The Hall–Kier alpha value is -2.05. The lowest BCUT2D eigenvalue weighted by atomic mass is 9.75. The van der Waals surface area contributed by atoms with Gasteiger partial charge in [0.2, 0.25) is 10.0 Å². The first kappa shape index (κ1) is 22.6. The van der Waals surface area contributed by atoms with Crippen molar-refractivity contribution in [1.29, 1.82) is 0 Å². The van der Waals surface area contributed by atoms with Gasteiger partial charge in [-0.05, 0) is 55.5 Å². The Morgan fingerprint density at radius 2 is 1.80 bits per heavy atom. The van der Waals surface area contributed by atoms with Gasteiger partial charge in [0.15, 0.2) is 0 Å². The molecule has 30 heavy (non-hydrogen) atoms. The number of carbonyl (C=O) groups excluding carboxylic acids is 1. The Bertz CT molecular complexity index is 970. The lowest BCUT2D eigenvalue weighted by molar-refractivity contribution is -0.156. The number of carbonyl (C=O) groups is 1. The fraction of sp³-hybridized carbons (Fsp3) is 0.435. The second-order valence-corrected chi connectivity index (χ2v) is 10.0. The number of sulfonamides is 1. The summed E-state index contributed by atoms with van der Waals surface area (Å²) in [5, 5.41) is 0.541. The molecule has 7 heteroatoms. The zero-order valence-electron chi connectivity index (χ0n) is 17.2. The number of nitrogens with one attached hydrogen (secondary N) is 1. The van der Waals surface area contributed by atoms with E-state index in [0.717, 1.165) is 30.4 Å². The number of anilines is 1. The van der Waals surface area contributed by atoms with Crippen LogP contribution in [0.1, 0.15) is 50.2 Å². The van der Waals surface area contributed by atoms with Crippen molar-refractivity contribution in [3.8, 4) is 0 Å². The summed E-state index contributed by atoms with van der Waals surface area (Å²) >= 11 is 6.17. The molecule has 3 rings (SSSR count). The van der Waals surface area contributed by atoms with Gasteiger partial charge in [0.1, 0.15) is 0 Å². The third-order valence-corrected chi connectivity index (χ3v) is 7.25. The van der Waals surface area contributed by atoms with Gasteiger partial charge in [-0.25, -0.2) is 8.42 Å². The minimum Gasteiger partial charge on any atom is -0.466 e. The summed E-state index contributed by atoms with van der Waals surface area (Å²) in [5.41, 5.74) is 1.34. The molecular formula is C23H28ClNO4S. The number of ether oxygens (including phenoxy) is 1. The average Bonchev–Trinajstić information content (AvgIpc) is 2.71. The van der Waals surface area contributed by atoms with Crippen molar-refractivity contribution >= 4 is 33.3 Å². The van der Waals surface area contributed by atoms with Gasteiger partial charge in [0.25, 0.3) is 0 Å². The molecule has 5 nitrogen and oxygen atoms in total. The summed E-state index contributed by atoms with van der Waals surface area (Å²) in [6, 6.07) is 14.9. The second-order valence-electron chi connectivity index (χ2n) is 7.89. The van der Waals surface area contributed by atoms with Crippen molar-refractivity contribution in [3.05, 3.63) is 64.7 Å². The highest BCUT2D eigenvalue weighted by Gasteiger charge is 2.44. The van der Waals surface area contributed by atoms with Gasteiger partial charge >= 0.3 is 5.97 Å². The first-order valence-electron chi connectivity index (χ1n) is 10.3. The molecule has 0 aliphatic heterocycles. The van der Waals surface area contributed by atoms with Crippen LogP contribution in [0.15, 0.2) is 48.5 Å². The van der Waals surface area contributed by atoms with Crippen LogP contribution in [-0.4, -0.2) is 26.7 Å². The third kappa shape index (κ3) is 5.76. The van der Waals surface area contributed by atoms with Crippen LogP contribution in [-0.2, 0) is 26.0 Å². The number of benzene rings is 2. The molecule has 0 aromatic heterocycles. The summed E-state index contributed by atoms with van der Waals surface area (Å²) in [5.74, 6) is -0.678. The van der Waals surface area contributed by atoms with E-state index in [1.54, 1.807) is 25.1 Å². The SMILES string of the molecule is CCOC(=O)C1(CS(=O)(=O)Nc2ccc(Cl)cc2Cc2ccccc2)CCCCC1. The smallest absolute Gasteiger partial charge is 0.313 e. The number of rotatable bonds is 8. The summed E-state index contributed by atoms with van der Waals surface area (Å²) < 4.78 is 34.2. The average molecular weight is 450 g/mol. The van der Waals surface area contributed by atoms with Crippen molar-refractivity contribution in [3.63, 3.8) is 0 Å². The topological polar surface area (TPSA) is 72.5 Å². The molecule has 0 radical (unpaired) electrons. The van der Waals surface area contributed by atoms with Crippen LogP contribution in [0, 0.1) is 5.41 Å². The Kier molecular flexibility index (Phi) is 7.42. The van der Waals surface area contributed by atoms with E-state index >= 15 is 0 Å². The van der Waals surface area contributed by atoms with Gasteiger partial charge in [-0.1, -0.05) is 61.2 Å². The van der Waals surface area contributed by atoms with Gasteiger partial charge < -0.3 is 4.74 Å². The molecule has 1 aliphatic carbocycles. The molecule has 1 aliphatic rings. The molecule has 162 valence electrons. The normalized spacial score (nSPS) is 16.1. The lowest BCUT2D eigenvalue weighted by Crippen LogP contribution is -2.42. The molecule has 2 aromatic rings. The third-order valence-electron chi connectivity index (χ3n) is 5.56. The van der Waals surface area contributed by atoms with E-state index in [0.29, 0.717) is 30.0 Å². The molecule has 2 aromatic carbocycles. The molecule has 0 spiro atoms. The molecule has 0 amide bonds. The Labute approximate surface area is 183 Å². The number of esters is 1. The molecule has 0 bridgehead atoms. The van der Waals surface area contributed by atoms with Crippen LogP contribution in [0.2, 0.25) is 5.02 Å². The fourth-order valence-electron chi connectivity index (χ4n) is 4.11. The van der Waals surface area contributed by atoms with E-state index in [9.17, 15) is 13.2 Å². The summed E-state index contributed by atoms with van der Waals surface area (Å²) in [6.45, 7) is 1.98. The summed E-state index contributed by atoms with van der Waals surface area (Å²) in [7, 11) is -3.78. The molecule has 1 fully saturated rings. The molecule has 1 saturated carbocycles. The Morgan fingerprint density at radius 3 is 2.47 bits per heavy atom. The lowest BCUT2D eigenvalue weighted by Gasteiger charge is -2.34. The predicted molar refractivity (Wildman–Crippen MR) is 120 cm³/mol. The molecule has 0 saturated heterocycles.